The number of nitrogens with two attached hydrogens (primary N) is 1. The summed E-state index contributed by atoms with van der Waals surface area (Å²) in [6.45, 7) is 5.66. The van der Waals surface area contributed by atoms with Gasteiger partial charge in [0.25, 0.3) is 0 Å². The van der Waals surface area contributed by atoms with Crippen molar-refractivity contribution < 1.29 is 112 Å². The van der Waals surface area contributed by atoms with Gasteiger partial charge in [0.15, 0.2) is 5.78 Å². The largest absolute Gasteiger partial charge is 0.481 e. The van der Waals surface area contributed by atoms with Gasteiger partial charge in [0.2, 0.25) is 59.1 Å². The predicted molar refractivity (Wildman–Crippen MR) is 315 cm³/mol. The van der Waals surface area contributed by atoms with Gasteiger partial charge in [0.1, 0.15) is 61.5 Å². The van der Waals surface area contributed by atoms with Gasteiger partial charge >= 0.3 is 29.8 Å². The fourth-order valence-electron chi connectivity index (χ4n) is 9.07. The third-order valence-corrected chi connectivity index (χ3v) is 13.7. The summed E-state index contributed by atoms with van der Waals surface area (Å²) in [6, 6.07) is -6.73. The number of ketones is 1. The minimum atomic E-state index is -1.97. The van der Waals surface area contributed by atoms with Crippen LogP contribution in [0, 0.1) is 5.92 Å². The summed E-state index contributed by atoms with van der Waals surface area (Å²) in [7, 11) is 0. The molecule has 0 bridgehead atoms. The average Bonchev–Trinajstić information content (AvgIpc) is 1.94. The van der Waals surface area contributed by atoms with Crippen LogP contribution in [0.15, 0.2) is 24.3 Å². The average molecular weight is 1290 g/mol. The van der Waals surface area contributed by atoms with Crippen molar-refractivity contribution in [3.05, 3.63) is 35.4 Å². The van der Waals surface area contributed by atoms with Crippen LogP contribution in [-0.4, -0.2) is 226 Å². The van der Waals surface area contributed by atoms with Crippen LogP contribution in [0.25, 0.3) is 0 Å². The van der Waals surface area contributed by atoms with Crippen molar-refractivity contribution in [1.29, 1.82) is 0 Å². The zero-order valence-corrected chi connectivity index (χ0v) is 51.2. The quantitative estimate of drug-likeness (QED) is 0.0222. The van der Waals surface area contributed by atoms with Crippen molar-refractivity contribution in [2.45, 2.75) is 166 Å². The van der Waals surface area contributed by atoms with E-state index in [0.29, 0.717) is 36.9 Å². The van der Waals surface area contributed by atoms with Crippen molar-refractivity contribution in [2.75, 3.05) is 52.6 Å². The Morgan fingerprint density at radius 3 is 1.33 bits per heavy atom. The number of hydrogen-bond acceptors (Lipinski definition) is 19. The standard InChI is InChI=1S/C57H85N11O23/c1-5-59-50(82)40(27-31(2)3)67-57(89)42-7-6-24-68(42)44(71)30-91-26-23-60-51(83)41(28-33-8-10-34(11-9-33)32(4)69)66-56(88)39(16-21-49(80)81)65-55(87)38(15-20-48(78)79)64-54(86)37(14-19-47(76)77)63-53(85)36(13-18-46(74)75)62-52(84)35(12-17-45(72)73)61-43(70)29-90-25-22-58/h8-11,31,35-42H,5-7,12-30,58H2,1-4H3,(H,59,82)(H,60,83)(H,61,70)(H,62,84)(H,63,85)(H,64,86)(H,65,87)(H,66,88)(H,67,89)(H,72,73)(H,74,75)(H,76,77)(H,78,79)(H,80,81)/t35-,36-,37-,38-,39-,40+,41+,42+/m1/s1. The van der Waals surface area contributed by atoms with E-state index in [1.807, 2.05) is 13.8 Å². The van der Waals surface area contributed by atoms with Crippen LogP contribution in [-0.2, 0) is 87.8 Å². The Balaban J connectivity index is 2.42. The molecule has 0 radical (unpaired) electrons. The van der Waals surface area contributed by atoms with Gasteiger partial charge in [-0.1, -0.05) is 38.1 Å². The predicted octanol–water partition coefficient (Wildman–Crippen LogP) is -3.57. The Morgan fingerprint density at radius 1 is 0.527 bits per heavy atom. The number of hydrogen-bond donors (Lipinski definition) is 15. The van der Waals surface area contributed by atoms with Gasteiger partial charge in [-0.3, -0.25) is 76.7 Å². The van der Waals surface area contributed by atoms with Crippen LogP contribution in [0.5, 0.6) is 0 Å². The molecule has 0 unspecified atom stereocenters. The van der Waals surface area contributed by atoms with Crippen molar-refractivity contribution in [3.63, 3.8) is 0 Å². The third kappa shape index (κ3) is 30.7. The number of nitrogens with one attached hydrogen (secondary N) is 9. The molecular weight excluding hydrogens is 1210 g/mol. The lowest BCUT2D eigenvalue weighted by atomic mass is 10.0. The topological polar surface area (TPSA) is 530 Å². The summed E-state index contributed by atoms with van der Waals surface area (Å²) in [6.07, 6.45) is -6.63. The van der Waals surface area contributed by atoms with Crippen LogP contribution in [0.4, 0.5) is 0 Å². The van der Waals surface area contributed by atoms with Crippen LogP contribution in [0.2, 0.25) is 0 Å². The van der Waals surface area contributed by atoms with Gasteiger partial charge in [-0.05, 0) is 76.7 Å². The number of aliphatic carboxylic acids is 5. The fourth-order valence-corrected chi connectivity index (χ4v) is 9.07. The lowest BCUT2D eigenvalue weighted by Gasteiger charge is -2.27. The highest BCUT2D eigenvalue weighted by molar-refractivity contribution is 5.98. The van der Waals surface area contributed by atoms with E-state index in [0.717, 1.165) is 0 Å². The molecule has 16 N–H and O–H groups in total. The first kappa shape index (κ1) is 77.9. The van der Waals surface area contributed by atoms with Crippen LogP contribution in [0.1, 0.15) is 127 Å². The monoisotopic (exact) mass is 1290 g/mol. The van der Waals surface area contributed by atoms with E-state index < -0.39 is 209 Å². The lowest BCUT2D eigenvalue weighted by Crippen LogP contribution is -2.60. The second kappa shape index (κ2) is 41.2. The smallest absolute Gasteiger partial charge is 0.303 e. The number of likely N-dealkylation sites (tertiary alicyclic amines) is 1. The molecule has 2 rings (SSSR count). The van der Waals surface area contributed by atoms with Crippen molar-refractivity contribution in [2.24, 2.45) is 11.7 Å². The van der Waals surface area contributed by atoms with Crippen LogP contribution < -0.4 is 53.6 Å². The SMILES string of the molecule is CCNC(=O)[C@H](CC(C)C)NC(=O)[C@@H]1CCCN1C(=O)COCCNC(=O)[C@H](Cc1ccc(C(C)=O)cc1)NC(=O)[C@@H](CCC(=O)O)NC(=O)[C@@H](CCC(=O)O)NC(=O)[C@@H](CCC(=O)O)NC(=O)[C@@H](CCC(=O)O)NC(=O)[C@@H](CCC(=O)O)NC(=O)COCCN. The maximum Gasteiger partial charge on any atom is 0.303 e. The highest BCUT2D eigenvalue weighted by Gasteiger charge is 2.38. The van der Waals surface area contributed by atoms with Gasteiger partial charge in [0.05, 0.1) is 13.2 Å². The number of ether oxygens (including phenoxy) is 2. The number of amides is 10. The highest BCUT2D eigenvalue weighted by atomic mass is 16.5. The van der Waals surface area contributed by atoms with E-state index in [9.17, 15) is 102 Å². The molecule has 1 aromatic rings. The molecule has 91 heavy (non-hydrogen) atoms. The van der Waals surface area contributed by atoms with E-state index in [2.05, 4.69) is 47.9 Å². The molecular formula is C57H85N11O23. The summed E-state index contributed by atoms with van der Waals surface area (Å²) in [5.41, 5.74) is 6.03. The zero-order valence-electron chi connectivity index (χ0n) is 51.2. The molecule has 10 amide bonds. The molecule has 0 aromatic heterocycles. The number of benzene rings is 1. The van der Waals surface area contributed by atoms with Crippen molar-refractivity contribution in [3.8, 4) is 0 Å². The molecule has 8 atom stereocenters. The first-order chi connectivity index (χ1) is 43.0. The Bertz CT molecular complexity index is 2730. The Hall–Kier alpha value is -9.18. The zero-order chi connectivity index (χ0) is 68.3. The van der Waals surface area contributed by atoms with Crippen molar-refractivity contribution in [1.82, 2.24) is 52.8 Å². The summed E-state index contributed by atoms with van der Waals surface area (Å²) >= 11 is 0. The second-order valence-electron chi connectivity index (χ2n) is 21.6. The van der Waals surface area contributed by atoms with Gasteiger partial charge in [0, 0.05) is 70.3 Å². The number of nitrogens with zero attached hydrogens (tertiary/aromatic N) is 1. The second-order valence-corrected chi connectivity index (χ2v) is 21.6. The minimum Gasteiger partial charge on any atom is -0.481 e. The molecule has 1 fully saturated rings. The number of carboxylic acid groups (broad SMARTS) is 5. The molecule has 1 aliphatic heterocycles. The number of Topliss-reactive ketones (excluding diaryl/α,β-unsaturated/α-hetero) is 1. The number of likely N-dealkylation sites (N-methyl/N-ethyl adjacent to an activating group) is 1. The first-order valence-electron chi connectivity index (χ1n) is 29.5. The Labute approximate surface area is 523 Å². The summed E-state index contributed by atoms with van der Waals surface area (Å²) < 4.78 is 10.6. The highest BCUT2D eigenvalue weighted by Crippen LogP contribution is 2.19. The maximum absolute atomic E-state index is 14.2. The van der Waals surface area contributed by atoms with E-state index >= 15 is 0 Å². The maximum atomic E-state index is 14.2. The Morgan fingerprint density at radius 2 is 0.934 bits per heavy atom. The summed E-state index contributed by atoms with van der Waals surface area (Å²) in [5, 5.41) is 69.1. The van der Waals surface area contributed by atoms with Crippen molar-refractivity contribution >= 4 is 94.7 Å². The summed E-state index contributed by atoms with van der Waals surface area (Å²) in [4.78, 5) is 208. The number of carbonyl (C=O) groups excluding carboxylic acids is 11. The number of carboxylic acids is 5. The first-order valence-corrected chi connectivity index (χ1v) is 29.5. The van der Waals surface area contributed by atoms with E-state index in [4.69, 9.17) is 15.2 Å². The molecule has 0 spiro atoms. The molecule has 0 saturated carbocycles. The summed E-state index contributed by atoms with van der Waals surface area (Å²) in [5.74, 6) is -17.3. The molecule has 1 saturated heterocycles. The number of rotatable bonds is 45. The molecule has 1 aliphatic rings. The molecule has 34 nitrogen and oxygen atoms in total. The van der Waals surface area contributed by atoms with Gasteiger partial charge in [-0.15, -0.1) is 0 Å². The van der Waals surface area contributed by atoms with Crippen LogP contribution >= 0.6 is 0 Å². The van der Waals surface area contributed by atoms with Gasteiger partial charge in [-0.25, -0.2) is 0 Å². The molecule has 34 heteroatoms. The van der Waals surface area contributed by atoms with E-state index in [1.165, 1.54) is 36.1 Å². The van der Waals surface area contributed by atoms with Gasteiger partial charge < -0.3 is 93.5 Å². The third-order valence-electron chi connectivity index (χ3n) is 13.7. The van der Waals surface area contributed by atoms with E-state index in [1.54, 1.807) is 6.92 Å². The molecule has 0 aliphatic carbocycles. The van der Waals surface area contributed by atoms with E-state index in [-0.39, 0.29) is 56.9 Å². The molecule has 1 aromatic carbocycles. The minimum absolute atomic E-state index is 0.0178. The van der Waals surface area contributed by atoms with Crippen LogP contribution in [0.3, 0.4) is 0 Å². The number of carbonyl (C=O) groups is 16. The Kier molecular flexibility index (Phi) is 35.3. The lowest BCUT2D eigenvalue weighted by molar-refractivity contribution is -0.142. The normalized spacial score (nSPS) is 14.9. The van der Waals surface area contributed by atoms with Gasteiger partial charge in [-0.2, -0.15) is 0 Å². The molecule has 1 heterocycles. The fraction of sp³-hybridized carbons (Fsp3) is 0.614. The molecule has 506 valence electrons.